The average molecular weight is 255 g/mol. The van der Waals surface area contributed by atoms with Crippen molar-refractivity contribution in [3.63, 3.8) is 0 Å². The van der Waals surface area contributed by atoms with Crippen LogP contribution < -0.4 is 4.74 Å². The van der Waals surface area contributed by atoms with Crippen molar-refractivity contribution in [3.05, 3.63) is 65.5 Å². The van der Waals surface area contributed by atoms with Crippen molar-refractivity contribution in [2.45, 2.75) is 6.10 Å². The molecule has 2 aromatic rings. The molecule has 0 spiro atoms. The molecule has 4 heteroatoms. The second kappa shape index (κ2) is 5.78. The molecule has 2 rings (SSSR count). The summed E-state index contributed by atoms with van der Waals surface area (Å²) in [6, 6.07) is 13.9. The minimum Gasteiger partial charge on any atom is -0.478 e. The molecule has 0 heterocycles. The third-order valence-corrected chi connectivity index (χ3v) is 2.57. The van der Waals surface area contributed by atoms with E-state index in [-0.39, 0.29) is 5.82 Å². The largest absolute Gasteiger partial charge is 0.478 e. The number of carbonyl (C=O) groups excluding carboxylic acids is 1. The van der Waals surface area contributed by atoms with Crippen molar-refractivity contribution in [2.24, 2.45) is 0 Å². The quantitative estimate of drug-likeness (QED) is 0.789. The van der Waals surface area contributed by atoms with Gasteiger partial charge in [0, 0.05) is 0 Å². The first kappa shape index (κ1) is 12.8. The van der Waals surface area contributed by atoms with Crippen LogP contribution in [0.5, 0.6) is 5.75 Å². The first-order valence-corrected chi connectivity index (χ1v) is 5.60. The summed E-state index contributed by atoms with van der Waals surface area (Å²) < 4.78 is 18.3. The Hall–Kier alpha value is -2.67. The average Bonchev–Trinajstić information content (AvgIpc) is 2.46. The first-order valence-electron chi connectivity index (χ1n) is 5.60. The highest BCUT2D eigenvalue weighted by molar-refractivity contribution is 5.60. The van der Waals surface area contributed by atoms with Crippen molar-refractivity contribution in [2.75, 3.05) is 0 Å². The van der Waals surface area contributed by atoms with Crippen LogP contribution in [0.15, 0.2) is 48.5 Å². The summed E-state index contributed by atoms with van der Waals surface area (Å²) in [5, 5.41) is 8.68. The number of hydrogen-bond donors (Lipinski definition) is 0. The Bertz CT molecular complexity index is 600. The summed E-state index contributed by atoms with van der Waals surface area (Å²) in [5.74, 6) is 0.104. The van der Waals surface area contributed by atoms with Crippen LogP contribution in [0.1, 0.15) is 17.2 Å². The summed E-state index contributed by atoms with van der Waals surface area (Å²) in [7, 11) is 0. The van der Waals surface area contributed by atoms with E-state index in [1.807, 2.05) is 6.07 Å². The molecular formula is C15H10FNO2. The second-order valence-electron chi connectivity index (χ2n) is 3.86. The molecule has 0 saturated carbocycles. The normalized spacial score (nSPS) is 11.4. The third-order valence-electron chi connectivity index (χ3n) is 2.57. The zero-order valence-electron chi connectivity index (χ0n) is 9.92. The molecule has 0 aliphatic heterocycles. The summed E-state index contributed by atoms with van der Waals surface area (Å²) in [6.07, 6.45) is -0.153. The molecule has 0 radical (unpaired) electrons. The van der Waals surface area contributed by atoms with Gasteiger partial charge in [-0.15, -0.1) is 0 Å². The molecule has 0 aromatic heterocycles. The molecule has 0 N–H and O–H groups in total. The van der Waals surface area contributed by atoms with Crippen LogP contribution in [0.2, 0.25) is 0 Å². The fourth-order valence-electron chi connectivity index (χ4n) is 1.58. The number of hydrogen-bond acceptors (Lipinski definition) is 3. The maximum absolute atomic E-state index is 12.8. The molecule has 0 aliphatic carbocycles. The van der Waals surface area contributed by atoms with E-state index in [0.29, 0.717) is 23.2 Å². The molecule has 0 aliphatic rings. The fourth-order valence-corrected chi connectivity index (χ4v) is 1.58. The van der Waals surface area contributed by atoms with Gasteiger partial charge in [0.15, 0.2) is 12.4 Å². The first-order chi connectivity index (χ1) is 9.22. The zero-order chi connectivity index (χ0) is 13.7. The lowest BCUT2D eigenvalue weighted by molar-refractivity contribution is -0.113. The van der Waals surface area contributed by atoms with Gasteiger partial charge in [-0.05, 0) is 42.0 Å². The minimum absolute atomic E-state index is 0.369. The summed E-state index contributed by atoms with van der Waals surface area (Å²) in [6.45, 7) is 0. The fraction of sp³-hybridized carbons (Fsp3) is 0.0667. The van der Waals surface area contributed by atoms with Crippen LogP contribution >= 0.6 is 0 Å². The van der Waals surface area contributed by atoms with Gasteiger partial charge < -0.3 is 4.74 Å². The number of carbonyl (C=O) groups is 1. The van der Waals surface area contributed by atoms with Crippen LogP contribution in [-0.4, -0.2) is 6.29 Å². The number of nitrogens with zero attached hydrogens (tertiary/aromatic N) is 1. The molecule has 19 heavy (non-hydrogen) atoms. The predicted molar refractivity (Wildman–Crippen MR) is 67.0 cm³/mol. The minimum atomic E-state index is -0.798. The van der Waals surface area contributed by atoms with Gasteiger partial charge >= 0.3 is 0 Å². The third kappa shape index (κ3) is 3.17. The van der Waals surface area contributed by atoms with Crippen LogP contribution in [-0.2, 0) is 4.79 Å². The van der Waals surface area contributed by atoms with E-state index in [1.54, 1.807) is 24.3 Å². The molecule has 1 unspecified atom stereocenters. The second-order valence-corrected chi connectivity index (χ2v) is 3.86. The van der Waals surface area contributed by atoms with Gasteiger partial charge in [0.1, 0.15) is 11.6 Å². The van der Waals surface area contributed by atoms with Crippen LogP contribution in [0, 0.1) is 17.1 Å². The Morgan fingerprint density at radius 1 is 1.11 bits per heavy atom. The summed E-state index contributed by atoms with van der Waals surface area (Å²) in [5.41, 5.74) is 1.08. The monoisotopic (exact) mass is 255 g/mol. The number of aldehydes is 1. The van der Waals surface area contributed by atoms with E-state index in [2.05, 4.69) is 0 Å². The molecule has 0 saturated heterocycles. The van der Waals surface area contributed by atoms with Crippen molar-refractivity contribution in [1.29, 1.82) is 5.26 Å². The Morgan fingerprint density at radius 2 is 1.74 bits per heavy atom. The summed E-state index contributed by atoms with van der Waals surface area (Å²) >= 11 is 0. The van der Waals surface area contributed by atoms with Gasteiger partial charge in [-0.2, -0.15) is 5.26 Å². The molecule has 0 fully saturated rings. The lowest BCUT2D eigenvalue weighted by Gasteiger charge is -2.13. The van der Waals surface area contributed by atoms with E-state index in [9.17, 15) is 9.18 Å². The van der Waals surface area contributed by atoms with Crippen molar-refractivity contribution < 1.29 is 13.9 Å². The topological polar surface area (TPSA) is 50.1 Å². The Kier molecular flexibility index (Phi) is 3.89. The standard InChI is InChI=1S/C15H10FNO2/c16-13-5-3-12(4-6-13)15(10-18)19-14-7-1-11(9-17)2-8-14/h1-8,10,15H. The lowest BCUT2D eigenvalue weighted by atomic mass is 10.1. The van der Waals surface area contributed by atoms with Crippen molar-refractivity contribution in [1.82, 2.24) is 0 Å². The van der Waals surface area contributed by atoms with Gasteiger partial charge in [0.25, 0.3) is 0 Å². The van der Waals surface area contributed by atoms with Gasteiger partial charge in [-0.3, -0.25) is 4.79 Å². The number of ether oxygens (including phenoxy) is 1. The predicted octanol–water partition coefficient (Wildman–Crippen LogP) is 3.02. The van der Waals surface area contributed by atoms with E-state index in [1.165, 1.54) is 24.3 Å². The zero-order valence-corrected chi connectivity index (χ0v) is 9.92. The van der Waals surface area contributed by atoms with Crippen molar-refractivity contribution in [3.8, 4) is 11.8 Å². The SMILES string of the molecule is N#Cc1ccc(OC(C=O)c2ccc(F)cc2)cc1. The maximum atomic E-state index is 12.8. The van der Waals surface area contributed by atoms with Gasteiger partial charge in [0.05, 0.1) is 11.6 Å². The molecule has 94 valence electrons. The van der Waals surface area contributed by atoms with Crippen LogP contribution in [0.4, 0.5) is 4.39 Å². The number of rotatable bonds is 4. The van der Waals surface area contributed by atoms with E-state index < -0.39 is 6.10 Å². The lowest BCUT2D eigenvalue weighted by Crippen LogP contribution is -2.08. The summed E-state index contributed by atoms with van der Waals surface area (Å²) in [4.78, 5) is 11.0. The van der Waals surface area contributed by atoms with E-state index in [4.69, 9.17) is 10.00 Å². The highest BCUT2D eigenvalue weighted by Crippen LogP contribution is 2.21. The Labute approximate surface area is 109 Å². The Balaban J connectivity index is 2.16. The highest BCUT2D eigenvalue weighted by Gasteiger charge is 2.12. The van der Waals surface area contributed by atoms with E-state index in [0.717, 1.165) is 0 Å². The van der Waals surface area contributed by atoms with Gasteiger partial charge in [-0.25, -0.2) is 4.39 Å². The Morgan fingerprint density at radius 3 is 2.26 bits per heavy atom. The molecular weight excluding hydrogens is 245 g/mol. The molecule has 1 atom stereocenters. The molecule has 2 aromatic carbocycles. The van der Waals surface area contributed by atoms with Crippen LogP contribution in [0.3, 0.4) is 0 Å². The number of benzene rings is 2. The molecule has 0 bridgehead atoms. The van der Waals surface area contributed by atoms with Gasteiger partial charge in [0.2, 0.25) is 0 Å². The molecule has 3 nitrogen and oxygen atoms in total. The smallest absolute Gasteiger partial charge is 0.179 e. The van der Waals surface area contributed by atoms with Crippen LogP contribution in [0.25, 0.3) is 0 Å². The van der Waals surface area contributed by atoms with Crippen molar-refractivity contribution >= 4 is 6.29 Å². The number of nitriles is 1. The van der Waals surface area contributed by atoms with E-state index >= 15 is 0 Å². The number of halogens is 1. The molecule has 0 amide bonds. The maximum Gasteiger partial charge on any atom is 0.179 e. The highest BCUT2D eigenvalue weighted by atomic mass is 19.1. The van der Waals surface area contributed by atoms with Gasteiger partial charge in [-0.1, -0.05) is 12.1 Å².